The first-order chi connectivity index (χ1) is 9.63. The average molecular weight is 269 g/mol. The highest BCUT2D eigenvalue weighted by atomic mass is 16.4. The molecule has 0 spiro atoms. The van der Waals surface area contributed by atoms with E-state index in [1.807, 2.05) is 13.1 Å². The van der Waals surface area contributed by atoms with Crippen LogP contribution in [-0.2, 0) is 0 Å². The normalized spacial score (nSPS) is 14.1. The molecule has 0 saturated heterocycles. The fourth-order valence-corrected chi connectivity index (χ4v) is 2.11. The monoisotopic (exact) mass is 269 g/mol. The Balaban J connectivity index is 1.80. The van der Waals surface area contributed by atoms with Crippen LogP contribution >= 0.6 is 0 Å². The van der Waals surface area contributed by atoms with E-state index in [4.69, 9.17) is 5.11 Å². The molecule has 0 amide bonds. The number of benzene rings is 1. The van der Waals surface area contributed by atoms with Gasteiger partial charge in [-0.2, -0.15) is 0 Å². The van der Waals surface area contributed by atoms with Gasteiger partial charge in [0.2, 0.25) is 5.95 Å². The van der Waals surface area contributed by atoms with E-state index in [9.17, 15) is 4.79 Å². The van der Waals surface area contributed by atoms with Crippen LogP contribution in [0, 0.1) is 6.92 Å². The Kier molecular flexibility index (Phi) is 3.10. The molecule has 0 atom stereocenters. The SMILES string of the molecule is Cc1cnc(Nc2ccc(C(=O)O)cc2)nc1C1CC1. The number of anilines is 2. The van der Waals surface area contributed by atoms with Crippen molar-refractivity contribution in [2.24, 2.45) is 0 Å². The number of aromatic nitrogens is 2. The van der Waals surface area contributed by atoms with Crippen molar-refractivity contribution >= 4 is 17.6 Å². The molecule has 102 valence electrons. The van der Waals surface area contributed by atoms with Crippen molar-refractivity contribution in [3.05, 3.63) is 47.3 Å². The molecular weight excluding hydrogens is 254 g/mol. The highest BCUT2D eigenvalue weighted by molar-refractivity contribution is 5.88. The van der Waals surface area contributed by atoms with Gasteiger partial charge in [-0.15, -0.1) is 0 Å². The Hall–Kier alpha value is -2.43. The second-order valence-electron chi connectivity index (χ2n) is 5.04. The predicted molar refractivity (Wildman–Crippen MR) is 75.4 cm³/mol. The van der Waals surface area contributed by atoms with E-state index in [-0.39, 0.29) is 5.56 Å². The zero-order valence-electron chi connectivity index (χ0n) is 11.1. The van der Waals surface area contributed by atoms with Crippen molar-refractivity contribution in [1.82, 2.24) is 9.97 Å². The molecule has 0 bridgehead atoms. The van der Waals surface area contributed by atoms with Gasteiger partial charge < -0.3 is 10.4 Å². The van der Waals surface area contributed by atoms with Gasteiger partial charge in [0.25, 0.3) is 0 Å². The van der Waals surface area contributed by atoms with Crippen LogP contribution in [0.2, 0.25) is 0 Å². The van der Waals surface area contributed by atoms with Gasteiger partial charge in [0.1, 0.15) is 0 Å². The molecule has 1 fully saturated rings. The third-order valence-electron chi connectivity index (χ3n) is 3.36. The maximum absolute atomic E-state index is 10.8. The van der Waals surface area contributed by atoms with Gasteiger partial charge >= 0.3 is 5.97 Å². The van der Waals surface area contributed by atoms with Crippen molar-refractivity contribution in [2.45, 2.75) is 25.7 Å². The zero-order valence-corrected chi connectivity index (χ0v) is 11.1. The molecule has 2 aromatic rings. The summed E-state index contributed by atoms with van der Waals surface area (Å²) in [5, 5.41) is 12.0. The van der Waals surface area contributed by atoms with E-state index < -0.39 is 5.97 Å². The van der Waals surface area contributed by atoms with Crippen molar-refractivity contribution in [1.29, 1.82) is 0 Å². The van der Waals surface area contributed by atoms with Crippen molar-refractivity contribution in [2.75, 3.05) is 5.32 Å². The van der Waals surface area contributed by atoms with Crippen LogP contribution in [0.3, 0.4) is 0 Å². The summed E-state index contributed by atoms with van der Waals surface area (Å²) in [6, 6.07) is 6.54. The van der Waals surface area contributed by atoms with E-state index in [2.05, 4.69) is 15.3 Å². The van der Waals surface area contributed by atoms with E-state index in [1.54, 1.807) is 24.3 Å². The van der Waals surface area contributed by atoms with Gasteiger partial charge in [-0.05, 0) is 49.6 Å². The van der Waals surface area contributed by atoms with Crippen LogP contribution < -0.4 is 5.32 Å². The molecule has 1 aromatic carbocycles. The largest absolute Gasteiger partial charge is 0.478 e. The minimum absolute atomic E-state index is 0.263. The summed E-state index contributed by atoms with van der Waals surface area (Å²) in [5.41, 5.74) is 3.28. The Bertz CT molecular complexity index is 649. The van der Waals surface area contributed by atoms with Gasteiger partial charge in [-0.25, -0.2) is 14.8 Å². The van der Waals surface area contributed by atoms with Crippen molar-refractivity contribution < 1.29 is 9.90 Å². The van der Waals surface area contributed by atoms with Gasteiger partial charge in [0.05, 0.1) is 11.3 Å². The van der Waals surface area contributed by atoms with Crippen LogP contribution in [0.5, 0.6) is 0 Å². The van der Waals surface area contributed by atoms with Crippen LogP contribution in [0.1, 0.15) is 40.4 Å². The topological polar surface area (TPSA) is 75.1 Å². The van der Waals surface area contributed by atoms with E-state index >= 15 is 0 Å². The second kappa shape index (κ2) is 4.92. The summed E-state index contributed by atoms with van der Waals surface area (Å²) in [7, 11) is 0. The number of carboxylic acids is 1. The first kappa shape index (κ1) is 12.6. The zero-order chi connectivity index (χ0) is 14.1. The Morgan fingerprint density at radius 1 is 1.30 bits per heavy atom. The molecule has 3 rings (SSSR count). The number of nitrogens with one attached hydrogen (secondary N) is 1. The molecule has 20 heavy (non-hydrogen) atoms. The van der Waals surface area contributed by atoms with Crippen LogP contribution in [-0.4, -0.2) is 21.0 Å². The molecule has 5 heteroatoms. The fraction of sp³-hybridized carbons (Fsp3) is 0.267. The third kappa shape index (κ3) is 2.61. The number of aromatic carboxylic acids is 1. The molecule has 0 radical (unpaired) electrons. The van der Waals surface area contributed by atoms with Crippen LogP contribution in [0.15, 0.2) is 30.5 Å². The number of nitrogens with zero attached hydrogens (tertiary/aromatic N) is 2. The molecule has 1 heterocycles. The summed E-state index contributed by atoms with van der Waals surface area (Å²) < 4.78 is 0. The Morgan fingerprint density at radius 2 is 2.00 bits per heavy atom. The van der Waals surface area contributed by atoms with E-state index in [0.717, 1.165) is 16.9 Å². The highest BCUT2D eigenvalue weighted by Gasteiger charge is 2.27. The van der Waals surface area contributed by atoms with Gasteiger partial charge in [-0.3, -0.25) is 0 Å². The van der Waals surface area contributed by atoms with Gasteiger partial charge in [-0.1, -0.05) is 0 Å². The summed E-state index contributed by atoms with van der Waals surface area (Å²) in [6.45, 7) is 2.03. The third-order valence-corrected chi connectivity index (χ3v) is 3.36. The van der Waals surface area contributed by atoms with Gasteiger partial charge in [0.15, 0.2) is 0 Å². The first-order valence-electron chi connectivity index (χ1n) is 6.57. The lowest BCUT2D eigenvalue weighted by Gasteiger charge is -2.08. The molecule has 0 unspecified atom stereocenters. The van der Waals surface area contributed by atoms with E-state index in [0.29, 0.717) is 11.9 Å². The summed E-state index contributed by atoms with van der Waals surface area (Å²) in [5.74, 6) is 0.202. The fourth-order valence-electron chi connectivity index (χ4n) is 2.11. The number of rotatable bonds is 4. The minimum Gasteiger partial charge on any atom is -0.478 e. The molecule has 0 aliphatic heterocycles. The Labute approximate surface area is 116 Å². The van der Waals surface area contributed by atoms with Gasteiger partial charge in [0, 0.05) is 17.8 Å². The number of hydrogen-bond acceptors (Lipinski definition) is 4. The lowest BCUT2D eigenvalue weighted by molar-refractivity contribution is 0.0697. The highest BCUT2D eigenvalue weighted by Crippen LogP contribution is 2.40. The number of aryl methyl sites for hydroxylation is 1. The summed E-state index contributed by atoms with van der Waals surface area (Å²) >= 11 is 0. The number of carboxylic acid groups (broad SMARTS) is 1. The smallest absolute Gasteiger partial charge is 0.335 e. The number of carbonyl (C=O) groups is 1. The molecule has 1 aliphatic carbocycles. The average Bonchev–Trinajstić information content (AvgIpc) is 3.26. The lowest BCUT2D eigenvalue weighted by atomic mass is 10.2. The molecule has 2 N–H and O–H groups in total. The lowest BCUT2D eigenvalue weighted by Crippen LogP contribution is -2.02. The van der Waals surface area contributed by atoms with Crippen LogP contribution in [0.25, 0.3) is 0 Å². The maximum atomic E-state index is 10.8. The van der Waals surface area contributed by atoms with Crippen molar-refractivity contribution in [3.63, 3.8) is 0 Å². The standard InChI is InChI=1S/C15H15N3O2/c1-9-8-16-15(18-13(9)10-2-3-10)17-12-6-4-11(5-7-12)14(19)20/h4-8,10H,2-3H2,1H3,(H,19,20)(H,16,17,18). The molecule has 1 saturated carbocycles. The first-order valence-corrected chi connectivity index (χ1v) is 6.57. The maximum Gasteiger partial charge on any atom is 0.335 e. The van der Waals surface area contributed by atoms with E-state index in [1.165, 1.54) is 12.8 Å². The summed E-state index contributed by atoms with van der Waals surface area (Å²) in [4.78, 5) is 19.6. The molecular formula is C15H15N3O2. The predicted octanol–water partition coefficient (Wildman–Crippen LogP) is 3.10. The molecule has 1 aromatic heterocycles. The van der Waals surface area contributed by atoms with Crippen LogP contribution in [0.4, 0.5) is 11.6 Å². The molecule has 1 aliphatic rings. The quantitative estimate of drug-likeness (QED) is 0.892. The number of hydrogen-bond donors (Lipinski definition) is 2. The summed E-state index contributed by atoms with van der Waals surface area (Å²) in [6.07, 6.45) is 4.23. The molecule has 5 nitrogen and oxygen atoms in total. The minimum atomic E-state index is -0.931. The van der Waals surface area contributed by atoms with Crippen molar-refractivity contribution in [3.8, 4) is 0 Å². The Morgan fingerprint density at radius 3 is 2.60 bits per heavy atom. The second-order valence-corrected chi connectivity index (χ2v) is 5.04.